The topological polar surface area (TPSA) is 113 Å². The molecule has 0 radical (unpaired) electrons. The minimum absolute atomic E-state index is 0.160. The number of hydrogen-bond acceptors (Lipinski definition) is 6. The average Bonchev–Trinajstić information content (AvgIpc) is 2.75. The van der Waals surface area contributed by atoms with Crippen molar-refractivity contribution in [3.63, 3.8) is 0 Å². The Labute approximate surface area is 188 Å². The van der Waals surface area contributed by atoms with Gasteiger partial charge in [0.2, 0.25) is 5.44 Å². The van der Waals surface area contributed by atoms with Gasteiger partial charge in [-0.25, -0.2) is 0 Å². The number of ether oxygens (including phenoxy) is 1. The molecule has 3 rings (SSSR count). The average molecular weight is 474 g/mol. The number of aryl methyl sites for hydroxylation is 1. The third-order valence-corrected chi connectivity index (χ3v) is 6.34. The Morgan fingerprint density at radius 3 is 2.34 bits per heavy atom. The van der Waals surface area contributed by atoms with E-state index in [0.717, 1.165) is 23.3 Å². The second kappa shape index (κ2) is 11.3. The van der Waals surface area contributed by atoms with Crippen LogP contribution in [-0.2, 0) is 32.0 Å². The lowest BCUT2D eigenvalue weighted by atomic mass is 10.0. The Bertz CT molecular complexity index is 1150. The van der Waals surface area contributed by atoms with Gasteiger partial charge in [-0.1, -0.05) is 60.7 Å². The van der Waals surface area contributed by atoms with Crippen molar-refractivity contribution in [2.45, 2.75) is 31.1 Å². The van der Waals surface area contributed by atoms with Crippen LogP contribution in [0, 0.1) is 0 Å². The van der Waals surface area contributed by atoms with E-state index in [1.807, 2.05) is 66.7 Å². The highest BCUT2D eigenvalue weighted by Gasteiger charge is 2.29. The summed E-state index contributed by atoms with van der Waals surface area (Å²) in [5.41, 5.74) is 1.30. The van der Waals surface area contributed by atoms with E-state index in [9.17, 15) is 17.9 Å². The summed E-state index contributed by atoms with van der Waals surface area (Å²) in [6.07, 6.45) is 1.32. The number of rotatable bonds is 11. The quantitative estimate of drug-likeness (QED) is 0.318. The molecule has 2 unspecified atom stereocenters. The van der Waals surface area contributed by atoms with Gasteiger partial charge in [0.25, 0.3) is 10.1 Å². The highest BCUT2D eigenvalue weighted by Crippen LogP contribution is 2.28. The van der Waals surface area contributed by atoms with Gasteiger partial charge in [0.1, 0.15) is 11.5 Å². The van der Waals surface area contributed by atoms with Crippen molar-refractivity contribution in [2.24, 2.45) is 0 Å². The van der Waals surface area contributed by atoms with Gasteiger partial charge in [-0.3, -0.25) is 4.55 Å². The van der Waals surface area contributed by atoms with E-state index >= 15 is 0 Å². The van der Waals surface area contributed by atoms with Crippen LogP contribution in [0.25, 0.3) is 0 Å². The second-order valence-electron chi connectivity index (χ2n) is 7.19. The van der Waals surface area contributed by atoms with Crippen molar-refractivity contribution in [3.8, 4) is 11.5 Å². The molecule has 3 aromatic rings. The van der Waals surface area contributed by atoms with E-state index in [2.05, 4.69) is 16.7 Å². The number of benzene rings is 3. The number of para-hydroxylation sites is 1. The van der Waals surface area contributed by atoms with Gasteiger partial charge >= 0.3 is 8.25 Å². The van der Waals surface area contributed by atoms with E-state index in [1.165, 1.54) is 5.56 Å². The van der Waals surface area contributed by atoms with Gasteiger partial charge in [0.15, 0.2) is 0 Å². The van der Waals surface area contributed by atoms with Gasteiger partial charge in [-0.05, 0) is 58.7 Å². The predicted molar refractivity (Wildman–Crippen MR) is 119 cm³/mol. The normalized spacial score (nSPS) is 12.9. The molecule has 0 saturated carbocycles. The maximum absolute atomic E-state index is 11.3. The van der Waals surface area contributed by atoms with E-state index in [-0.39, 0.29) is 6.42 Å². The fraction of sp³-hybridized carbons (Fsp3) is 0.217. The van der Waals surface area contributed by atoms with Crippen LogP contribution in [0.5, 0.6) is 11.5 Å². The summed E-state index contributed by atoms with van der Waals surface area (Å²) in [6, 6.07) is 25.2. The van der Waals surface area contributed by atoms with Crippen LogP contribution >= 0.6 is 8.25 Å². The minimum Gasteiger partial charge on any atom is -0.566 e. The molecule has 3 aromatic carbocycles. The third kappa shape index (κ3) is 7.51. The van der Waals surface area contributed by atoms with E-state index in [1.54, 1.807) is 0 Å². The lowest BCUT2D eigenvalue weighted by Crippen LogP contribution is -2.22. The molecule has 0 saturated heterocycles. The molecule has 0 amide bonds. The monoisotopic (exact) mass is 474 g/mol. The molecule has 0 aliphatic heterocycles. The first-order chi connectivity index (χ1) is 15.3. The molecule has 0 fully saturated rings. The lowest BCUT2D eigenvalue weighted by Gasteiger charge is -2.13. The summed E-state index contributed by atoms with van der Waals surface area (Å²) in [7, 11) is -8.01. The molecule has 0 spiro atoms. The molecule has 0 aliphatic rings. The Balaban J connectivity index is 1.65. The standard InChI is InChI=1S/C23H23O7PS/c24-31(25)30-23(32(26,27)28)15-7-11-19-10-6-13-21(17-19)29-22-14-5-4-12-20(22)16-18-8-2-1-3-9-18/h1-6,8-10,12-14,17,23H,7,11,15-16H2,(H,26,27,28). The van der Waals surface area contributed by atoms with Gasteiger partial charge in [-0.15, -0.1) is 4.52 Å². The molecular formula is C23H23O7PS. The van der Waals surface area contributed by atoms with Gasteiger partial charge in [0.05, 0.1) is 0 Å². The highest BCUT2D eigenvalue weighted by molar-refractivity contribution is 7.86. The van der Waals surface area contributed by atoms with Crippen molar-refractivity contribution in [1.82, 2.24) is 0 Å². The molecule has 0 heterocycles. The van der Waals surface area contributed by atoms with Crippen molar-refractivity contribution in [1.29, 1.82) is 0 Å². The molecule has 32 heavy (non-hydrogen) atoms. The Kier molecular flexibility index (Phi) is 8.50. The van der Waals surface area contributed by atoms with Crippen LogP contribution in [0.15, 0.2) is 78.9 Å². The van der Waals surface area contributed by atoms with Crippen LogP contribution in [0.4, 0.5) is 0 Å². The summed E-state index contributed by atoms with van der Waals surface area (Å²) in [5.74, 6) is 1.38. The molecule has 0 aliphatic carbocycles. The molecule has 2 atom stereocenters. The maximum atomic E-state index is 11.3. The molecule has 168 valence electrons. The van der Waals surface area contributed by atoms with Gasteiger partial charge in [-0.2, -0.15) is 8.42 Å². The molecule has 0 aromatic heterocycles. The molecular weight excluding hydrogens is 451 g/mol. The van der Waals surface area contributed by atoms with Gasteiger partial charge < -0.3 is 9.63 Å². The zero-order valence-corrected chi connectivity index (χ0v) is 18.9. The van der Waals surface area contributed by atoms with E-state index < -0.39 is 23.8 Å². The zero-order chi connectivity index (χ0) is 23.0. The first kappa shape index (κ1) is 24.0. The third-order valence-electron chi connectivity index (χ3n) is 4.78. The first-order valence-electron chi connectivity index (χ1n) is 9.97. The lowest BCUT2D eigenvalue weighted by molar-refractivity contribution is -0.187. The maximum Gasteiger partial charge on any atom is 0.489 e. The second-order valence-corrected chi connectivity index (χ2v) is 9.40. The Morgan fingerprint density at radius 2 is 1.62 bits per heavy atom. The predicted octanol–water partition coefficient (Wildman–Crippen LogP) is 4.64. The fourth-order valence-corrected chi connectivity index (χ4v) is 4.69. The van der Waals surface area contributed by atoms with Crippen molar-refractivity contribution in [2.75, 3.05) is 0 Å². The van der Waals surface area contributed by atoms with Crippen molar-refractivity contribution >= 4 is 18.4 Å². The molecule has 9 heteroatoms. The largest absolute Gasteiger partial charge is 0.566 e. The van der Waals surface area contributed by atoms with Crippen LogP contribution < -0.4 is 9.63 Å². The minimum atomic E-state index is -4.62. The van der Waals surface area contributed by atoms with Crippen LogP contribution in [0.3, 0.4) is 0 Å². The fourth-order valence-electron chi connectivity index (χ4n) is 3.28. The first-order valence-corrected chi connectivity index (χ1v) is 12.6. The Morgan fingerprint density at radius 1 is 0.938 bits per heavy atom. The summed E-state index contributed by atoms with van der Waals surface area (Å²) in [5, 5.41) is 0. The van der Waals surface area contributed by atoms with E-state index in [0.29, 0.717) is 18.6 Å². The number of hydrogen-bond donors (Lipinski definition) is 1. The molecule has 1 N–H and O–H groups in total. The SMILES string of the molecule is O=[P+]([O-])OC(CCCc1cccc(Oc2ccccc2Cc2ccccc2)c1)S(=O)(=O)O. The molecule has 0 bridgehead atoms. The van der Waals surface area contributed by atoms with E-state index in [4.69, 9.17) is 9.29 Å². The smallest absolute Gasteiger partial charge is 0.489 e. The van der Waals surface area contributed by atoms with Gasteiger partial charge in [0, 0.05) is 6.42 Å². The highest BCUT2D eigenvalue weighted by atomic mass is 32.2. The van der Waals surface area contributed by atoms with Crippen LogP contribution in [0.2, 0.25) is 0 Å². The summed E-state index contributed by atoms with van der Waals surface area (Å²) in [4.78, 5) is 10.7. The van der Waals surface area contributed by atoms with Crippen LogP contribution in [0.1, 0.15) is 29.5 Å². The molecule has 7 nitrogen and oxygen atoms in total. The summed E-state index contributed by atoms with van der Waals surface area (Å²) >= 11 is 0. The summed E-state index contributed by atoms with van der Waals surface area (Å²) in [6.45, 7) is 0. The van der Waals surface area contributed by atoms with Crippen molar-refractivity contribution in [3.05, 3.63) is 95.6 Å². The summed E-state index contributed by atoms with van der Waals surface area (Å²) < 4.78 is 52.8. The van der Waals surface area contributed by atoms with Crippen LogP contribution in [-0.4, -0.2) is 18.4 Å². The Hall–Kier alpha value is -2.61. The zero-order valence-electron chi connectivity index (χ0n) is 17.2. The van der Waals surface area contributed by atoms with Crippen molar-refractivity contribution < 1.29 is 31.7 Å².